The Labute approximate surface area is 155 Å². The lowest BCUT2D eigenvalue weighted by atomic mass is 9.68. The van der Waals surface area contributed by atoms with Crippen LogP contribution in [0.25, 0.3) is 0 Å². The maximum Gasteiger partial charge on any atom is 0.330 e. The molecular formula is C20H30O6. The minimum absolute atomic E-state index is 0.0175. The predicted molar refractivity (Wildman–Crippen MR) is 95.6 cm³/mol. The molecule has 146 valence electrons. The molecule has 3 aliphatic rings. The highest BCUT2D eigenvalue weighted by Crippen LogP contribution is 2.59. The molecule has 26 heavy (non-hydrogen) atoms. The molecule has 1 aliphatic carbocycles. The van der Waals surface area contributed by atoms with Gasteiger partial charge in [0.15, 0.2) is 0 Å². The van der Waals surface area contributed by atoms with Gasteiger partial charge in [-0.15, -0.1) is 0 Å². The summed E-state index contributed by atoms with van der Waals surface area (Å²) in [5, 5.41) is 8.81. The van der Waals surface area contributed by atoms with Crippen LogP contribution in [0.3, 0.4) is 0 Å². The van der Waals surface area contributed by atoms with Crippen molar-refractivity contribution in [3.8, 4) is 0 Å². The lowest BCUT2D eigenvalue weighted by molar-refractivity contribution is -0.166. The maximum atomic E-state index is 12.0. The number of hydrogen-bond donors (Lipinski definition) is 1. The summed E-state index contributed by atoms with van der Waals surface area (Å²) in [5.74, 6) is -0.440. The summed E-state index contributed by atoms with van der Waals surface area (Å²) in [4.78, 5) is 12.0. The highest BCUT2D eigenvalue weighted by atomic mass is 16.6. The van der Waals surface area contributed by atoms with Crippen LogP contribution in [0.5, 0.6) is 0 Å². The van der Waals surface area contributed by atoms with E-state index >= 15 is 0 Å². The van der Waals surface area contributed by atoms with Gasteiger partial charge in [0, 0.05) is 13.2 Å². The van der Waals surface area contributed by atoms with E-state index in [4.69, 9.17) is 24.1 Å². The van der Waals surface area contributed by atoms with Crippen LogP contribution in [0.2, 0.25) is 0 Å². The van der Waals surface area contributed by atoms with Gasteiger partial charge >= 0.3 is 5.97 Å². The molecule has 1 N–H and O–H groups in total. The van der Waals surface area contributed by atoms with Gasteiger partial charge in [0.05, 0.1) is 25.2 Å². The van der Waals surface area contributed by atoms with E-state index in [0.717, 1.165) is 12.8 Å². The number of esters is 1. The molecule has 0 aromatic rings. The molecule has 0 radical (unpaired) electrons. The Balaban J connectivity index is 1.75. The zero-order valence-corrected chi connectivity index (χ0v) is 16.1. The van der Waals surface area contributed by atoms with E-state index in [-0.39, 0.29) is 42.0 Å². The average molecular weight is 366 g/mol. The van der Waals surface area contributed by atoms with Gasteiger partial charge < -0.3 is 24.1 Å². The molecule has 2 heterocycles. The molecule has 0 aromatic carbocycles. The van der Waals surface area contributed by atoms with Crippen molar-refractivity contribution in [2.75, 3.05) is 20.3 Å². The second kappa shape index (κ2) is 7.43. The number of aliphatic hydroxyl groups is 1. The number of rotatable bonds is 7. The second-order valence-electron chi connectivity index (χ2n) is 7.94. The largest absolute Gasteiger partial charge is 0.456 e. The first kappa shape index (κ1) is 19.5. The third kappa shape index (κ3) is 3.74. The Hall–Kier alpha value is -1.21. The molecule has 2 saturated heterocycles. The molecule has 0 bridgehead atoms. The van der Waals surface area contributed by atoms with Gasteiger partial charge in [-0.1, -0.05) is 17.7 Å². The van der Waals surface area contributed by atoms with E-state index < -0.39 is 5.97 Å². The number of aliphatic hydroxyl groups excluding tert-OH is 1. The Kier molecular flexibility index (Phi) is 5.58. The van der Waals surface area contributed by atoms with E-state index in [9.17, 15) is 4.79 Å². The fraction of sp³-hybridized carbons (Fsp3) is 0.750. The smallest absolute Gasteiger partial charge is 0.330 e. The summed E-state index contributed by atoms with van der Waals surface area (Å²) in [6, 6.07) is 0. The quantitative estimate of drug-likeness (QED) is 0.322. The maximum absolute atomic E-state index is 12.0. The minimum Gasteiger partial charge on any atom is -0.456 e. The van der Waals surface area contributed by atoms with E-state index in [2.05, 4.69) is 26.8 Å². The van der Waals surface area contributed by atoms with Crippen LogP contribution in [-0.4, -0.2) is 60.9 Å². The Morgan fingerprint density at radius 3 is 2.69 bits per heavy atom. The van der Waals surface area contributed by atoms with Gasteiger partial charge in [0.25, 0.3) is 0 Å². The van der Waals surface area contributed by atoms with E-state index in [0.29, 0.717) is 13.0 Å². The average Bonchev–Trinajstić information content (AvgIpc) is 3.50. The van der Waals surface area contributed by atoms with Crippen LogP contribution in [0.15, 0.2) is 23.8 Å². The summed E-state index contributed by atoms with van der Waals surface area (Å²) in [7, 11) is 1.65. The summed E-state index contributed by atoms with van der Waals surface area (Å²) in [5.41, 5.74) is 0.711. The predicted octanol–water partition coefficient (Wildman–Crippen LogP) is 2.15. The lowest BCUT2D eigenvalue weighted by Crippen LogP contribution is -2.55. The highest BCUT2D eigenvalue weighted by Gasteiger charge is 2.72. The van der Waals surface area contributed by atoms with Crippen molar-refractivity contribution in [2.24, 2.45) is 5.92 Å². The second-order valence-corrected chi connectivity index (χ2v) is 7.94. The number of ether oxygens (including phenoxy) is 4. The number of hydrogen-bond acceptors (Lipinski definition) is 6. The number of epoxide rings is 2. The van der Waals surface area contributed by atoms with Crippen LogP contribution in [0, 0.1) is 5.92 Å². The van der Waals surface area contributed by atoms with Crippen LogP contribution in [0.4, 0.5) is 0 Å². The van der Waals surface area contributed by atoms with Crippen LogP contribution in [-0.2, 0) is 23.7 Å². The normalized spacial score (nSPS) is 41.3. The van der Waals surface area contributed by atoms with Crippen molar-refractivity contribution in [2.45, 2.75) is 69.5 Å². The molecule has 6 atom stereocenters. The first-order valence-corrected chi connectivity index (χ1v) is 9.32. The molecule has 6 nitrogen and oxygen atoms in total. The zero-order chi connectivity index (χ0) is 18.9. The first-order valence-electron chi connectivity index (χ1n) is 9.32. The van der Waals surface area contributed by atoms with Crippen molar-refractivity contribution < 1.29 is 28.8 Å². The zero-order valence-electron chi connectivity index (χ0n) is 16.1. The summed E-state index contributed by atoms with van der Waals surface area (Å²) in [6.45, 7) is 6.80. The van der Waals surface area contributed by atoms with Gasteiger partial charge in [-0.25, -0.2) is 4.79 Å². The molecule has 1 spiro atoms. The fourth-order valence-corrected chi connectivity index (χ4v) is 4.41. The molecule has 6 heteroatoms. The molecular weight excluding hydrogens is 336 g/mol. The van der Waals surface area contributed by atoms with Gasteiger partial charge in [0.1, 0.15) is 23.4 Å². The lowest BCUT2D eigenvalue weighted by Gasteiger charge is -2.42. The van der Waals surface area contributed by atoms with Crippen LogP contribution < -0.4 is 0 Å². The summed E-state index contributed by atoms with van der Waals surface area (Å²) in [6.07, 6.45) is 6.72. The van der Waals surface area contributed by atoms with Crippen molar-refractivity contribution in [3.63, 3.8) is 0 Å². The Morgan fingerprint density at radius 1 is 1.38 bits per heavy atom. The fourth-order valence-electron chi connectivity index (χ4n) is 4.41. The summed E-state index contributed by atoms with van der Waals surface area (Å²) < 4.78 is 23.4. The molecule has 3 fully saturated rings. The standard InChI is InChI=1S/C20H30O6/c1-13(2)7-8-15-19(3,26-15)18-17(23-4)14(9-10-20(18)12-24-20)25-16(22)6-5-11-21/h5-7,14-15,17-18,21H,8-12H2,1-4H3/b6-5+. The monoisotopic (exact) mass is 366 g/mol. The summed E-state index contributed by atoms with van der Waals surface area (Å²) >= 11 is 0. The first-order chi connectivity index (χ1) is 12.4. The molecule has 0 aromatic heterocycles. The van der Waals surface area contributed by atoms with E-state index in [1.54, 1.807) is 7.11 Å². The van der Waals surface area contributed by atoms with Gasteiger partial charge in [0.2, 0.25) is 0 Å². The number of allylic oxidation sites excluding steroid dienone is 1. The van der Waals surface area contributed by atoms with Crippen molar-refractivity contribution >= 4 is 5.97 Å². The topological polar surface area (TPSA) is 80.8 Å². The van der Waals surface area contributed by atoms with E-state index in [1.807, 2.05) is 0 Å². The highest BCUT2D eigenvalue weighted by molar-refractivity contribution is 5.82. The number of methoxy groups -OCH3 is 1. The molecule has 0 amide bonds. The van der Waals surface area contributed by atoms with Crippen molar-refractivity contribution in [1.82, 2.24) is 0 Å². The Bertz CT molecular complexity index is 589. The SMILES string of the molecule is COC1C(OC(=O)/C=C/CO)CCC2(CO2)C1C1(C)OC1CC=C(C)C. The third-order valence-corrected chi connectivity index (χ3v) is 5.86. The van der Waals surface area contributed by atoms with E-state index in [1.165, 1.54) is 17.7 Å². The number of carbonyl (C=O) groups excluding carboxylic acids is 1. The molecule has 6 unspecified atom stereocenters. The van der Waals surface area contributed by atoms with Crippen LogP contribution >= 0.6 is 0 Å². The molecule has 3 rings (SSSR count). The van der Waals surface area contributed by atoms with Gasteiger partial charge in [-0.3, -0.25) is 0 Å². The van der Waals surface area contributed by atoms with Gasteiger partial charge in [-0.2, -0.15) is 0 Å². The molecule has 2 aliphatic heterocycles. The minimum atomic E-state index is -0.458. The third-order valence-electron chi connectivity index (χ3n) is 5.86. The van der Waals surface area contributed by atoms with Crippen molar-refractivity contribution in [1.29, 1.82) is 0 Å². The number of carbonyl (C=O) groups is 1. The Morgan fingerprint density at radius 2 is 2.12 bits per heavy atom. The van der Waals surface area contributed by atoms with Gasteiger partial charge in [-0.05, 0) is 40.0 Å². The van der Waals surface area contributed by atoms with Crippen LogP contribution in [0.1, 0.15) is 40.0 Å². The molecule has 1 saturated carbocycles. The van der Waals surface area contributed by atoms with Crippen molar-refractivity contribution in [3.05, 3.63) is 23.8 Å².